The third-order valence-electron chi connectivity index (χ3n) is 3.45. The number of rotatable bonds is 5. The fourth-order valence-corrected chi connectivity index (χ4v) is 3.17. The normalized spacial score (nSPS) is 12.5. The van der Waals surface area contributed by atoms with Crippen LogP contribution in [0.15, 0.2) is 48.5 Å². The van der Waals surface area contributed by atoms with Crippen molar-refractivity contribution in [3.63, 3.8) is 0 Å². The molecule has 0 amide bonds. The van der Waals surface area contributed by atoms with Crippen molar-refractivity contribution in [2.75, 3.05) is 7.11 Å². The fourth-order valence-electron chi connectivity index (χ4n) is 2.18. The Labute approximate surface area is 128 Å². The molecule has 0 aliphatic carbocycles. The zero-order chi connectivity index (χ0) is 14.7. The van der Waals surface area contributed by atoms with E-state index in [1.165, 1.54) is 10.3 Å². The summed E-state index contributed by atoms with van der Waals surface area (Å²) >= 11 is 1.75. The van der Waals surface area contributed by atoms with Crippen LogP contribution in [-0.2, 0) is 6.54 Å². The van der Waals surface area contributed by atoms with Crippen LogP contribution in [0.1, 0.15) is 23.5 Å². The monoisotopic (exact) mass is 298 g/mol. The van der Waals surface area contributed by atoms with Crippen LogP contribution < -0.4 is 10.1 Å². The smallest absolute Gasteiger partial charge is 0.118 e. The number of aromatic nitrogens is 1. The van der Waals surface area contributed by atoms with Crippen molar-refractivity contribution >= 4 is 21.6 Å². The molecule has 0 bridgehead atoms. The van der Waals surface area contributed by atoms with Gasteiger partial charge in [-0.25, -0.2) is 4.98 Å². The van der Waals surface area contributed by atoms with Gasteiger partial charge in [0.05, 0.1) is 23.4 Å². The van der Waals surface area contributed by atoms with Crippen LogP contribution in [0.4, 0.5) is 0 Å². The number of thiazole rings is 1. The molecule has 1 atom stereocenters. The van der Waals surface area contributed by atoms with E-state index in [1.807, 2.05) is 18.2 Å². The minimum absolute atomic E-state index is 0.240. The third kappa shape index (κ3) is 3.23. The van der Waals surface area contributed by atoms with Crippen LogP contribution in [0.2, 0.25) is 0 Å². The molecule has 4 heteroatoms. The molecule has 0 spiro atoms. The first-order valence-corrected chi connectivity index (χ1v) is 7.79. The van der Waals surface area contributed by atoms with Crippen molar-refractivity contribution in [2.24, 2.45) is 0 Å². The Balaban J connectivity index is 1.66. The maximum Gasteiger partial charge on any atom is 0.118 e. The molecule has 1 aromatic heterocycles. The fraction of sp³-hybridized carbons (Fsp3) is 0.235. The molecule has 0 saturated heterocycles. The maximum absolute atomic E-state index is 5.17. The number of methoxy groups -OCH3 is 1. The van der Waals surface area contributed by atoms with Gasteiger partial charge in [-0.15, -0.1) is 11.3 Å². The van der Waals surface area contributed by atoms with Gasteiger partial charge in [0.15, 0.2) is 0 Å². The van der Waals surface area contributed by atoms with Crippen LogP contribution in [0.5, 0.6) is 5.75 Å². The highest BCUT2D eigenvalue weighted by molar-refractivity contribution is 7.18. The first-order valence-electron chi connectivity index (χ1n) is 6.98. The van der Waals surface area contributed by atoms with Crippen molar-refractivity contribution in [2.45, 2.75) is 19.5 Å². The van der Waals surface area contributed by atoms with Gasteiger partial charge in [0.25, 0.3) is 0 Å². The van der Waals surface area contributed by atoms with Crippen molar-refractivity contribution in [1.29, 1.82) is 0 Å². The molecule has 3 aromatic rings. The Morgan fingerprint density at radius 2 is 1.90 bits per heavy atom. The minimum atomic E-state index is 0.240. The van der Waals surface area contributed by atoms with E-state index in [4.69, 9.17) is 4.74 Å². The Kier molecular flexibility index (Phi) is 4.18. The summed E-state index contributed by atoms with van der Waals surface area (Å²) in [6, 6.07) is 16.6. The van der Waals surface area contributed by atoms with E-state index < -0.39 is 0 Å². The van der Waals surface area contributed by atoms with E-state index in [2.05, 4.69) is 47.6 Å². The highest BCUT2D eigenvalue weighted by atomic mass is 32.1. The molecule has 3 nitrogen and oxygen atoms in total. The number of hydrogen-bond donors (Lipinski definition) is 1. The molecule has 1 unspecified atom stereocenters. The number of fused-ring (bicyclic) bond motifs is 1. The number of para-hydroxylation sites is 1. The molecule has 1 N–H and O–H groups in total. The van der Waals surface area contributed by atoms with Crippen molar-refractivity contribution in [3.8, 4) is 5.75 Å². The molecule has 2 aromatic carbocycles. The van der Waals surface area contributed by atoms with E-state index in [9.17, 15) is 0 Å². The maximum atomic E-state index is 5.17. The molecule has 3 rings (SSSR count). The van der Waals surface area contributed by atoms with E-state index in [-0.39, 0.29) is 6.04 Å². The molecule has 1 heterocycles. The summed E-state index contributed by atoms with van der Waals surface area (Å²) in [6.45, 7) is 2.97. The molecule has 0 aliphatic rings. The largest absolute Gasteiger partial charge is 0.497 e. The van der Waals surface area contributed by atoms with E-state index >= 15 is 0 Å². The van der Waals surface area contributed by atoms with Gasteiger partial charge >= 0.3 is 0 Å². The standard InChI is InChI=1S/C17H18N2OS/c1-12(17-19-15-5-3-4-6-16(15)21-17)18-11-13-7-9-14(20-2)10-8-13/h3-10,12,18H,11H2,1-2H3. The zero-order valence-electron chi connectivity index (χ0n) is 12.2. The molecular formula is C17H18N2OS. The van der Waals surface area contributed by atoms with Gasteiger partial charge in [0, 0.05) is 6.54 Å². The molecule has 0 radical (unpaired) electrons. The van der Waals surface area contributed by atoms with Crippen LogP contribution in [0, 0.1) is 0 Å². The highest BCUT2D eigenvalue weighted by Crippen LogP contribution is 2.26. The number of nitrogens with zero attached hydrogens (tertiary/aromatic N) is 1. The number of ether oxygens (including phenoxy) is 1. The zero-order valence-corrected chi connectivity index (χ0v) is 13.0. The lowest BCUT2D eigenvalue weighted by atomic mass is 10.2. The van der Waals surface area contributed by atoms with Crippen LogP contribution in [-0.4, -0.2) is 12.1 Å². The first kappa shape index (κ1) is 14.0. The van der Waals surface area contributed by atoms with Crippen molar-refractivity contribution < 1.29 is 4.74 Å². The molecule has 0 aliphatic heterocycles. The number of nitrogens with one attached hydrogen (secondary N) is 1. The molecule has 21 heavy (non-hydrogen) atoms. The Bertz CT molecular complexity index is 688. The average Bonchev–Trinajstić information content (AvgIpc) is 2.97. The molecule has 0 saturated carbocycles. The number of benzene rings is 2. The Hall–Kier alpha value is -1.91. The molecule has 108 valence electrons. The van der Waals surface area contributed by atoms with E-state index in [0.29, 0.717) is 0 Å². The van der Waals surface area contributed by atoms with Gasteiger partial charge in [-0.2, -0.15) is 0 Å². The predicted molar refractivity (Wildman–Crippen MR) is 87.9 cm³/mol. The number of hydrogen-bond acceptors (Lipinski definition) is 4. The third-order valence-corrected chi connectivity index (χ3v) is 4.67. The minimum Gasteiger partial charge on any atom is -0.497 e. The Morgan fingerprint density at radius 3 is 2.62 bits per heavy atom. The summed E-state index contributed by atoms with van der Waals surface area (Å²) in [4.78, 5) is 4.69. The first-order chi connectivity index (χ1) is 10.3. The summed E-state index contributed by atoms with van der Waals surface area (Å²) in [5.41, 5.74) is 2.32. The lowest BCUT2D eigenvalue weighted by Gasteiger charge is -2.11. The summed E-state index contributed by atoms with van der Waals surface area (Å²) in [6.07, 6.45) is 0. The van der Waals surface area contributed by atoms with Gasteiger partial charge in [-0.3, -0.25) is 0 Å². The van der Waals surface area contributed by atoms with Crippen molar-refractivity contribution in [1.82, 2.24) is 10.3 Å². The average molecular weight is 298 g/mol. The van der Waals surface area contributed by atoms with E-state index in [0.717, 1.165) is 22.8 Å². The van der Waals surface area contributed by atoms with Crippen LogP contribution in [0.3, 0.4) is 0 Å². The quantitative estimate of drug-likeness (QED) is 0.768. The van der Waals surface area contributed by atoms with Gasteiger partial charge in [-0.05, 0) is 36.8 Å². The SMILES string of the molecule is COc1ccc(CNC(C)c2nc3ccccc3s2)cc1. The van der Waals surface area contributed by atoms with Gasteiger partial charge in [0.2, 0.25) is 0 Å². The van der Waals surface area contributed by atoms with E-state index in [1.54, 1.807) is 18.4 Å². The van der Waals surface area contributed by atoms with Crippen LogP contribution >= 0.6 is 11.3 Å². The topological polar surface area (TPSA) is 34.1 Å². The second-order valence-electron chi connectivity index (χ2n) is 4.97. The second kappa shape index (κ2) is 6.24. The summed E-state index contributed by atoms with van der Waals surface area (Å²) in [7, 11) is 1.68. The summed E-state index contributed by atoms with van der Waals surface area (Å²) in [5.74, 6) is 0.887. The predicted octanol–water partition coefficient (Wildman–Crippen LogP) is 4.16. The van der Waals surface area contributed by atoms with Crippen LogP contribution in [0.25, 0.3) is 10.2 Å². The Morgan fingerprint density at radius 1 is 1.14 bits per heavy atom. The summed E-state index contributed by atoms with van der Waals surface area (Å²) < 4.78 is 6.41. The van der Waals surface area contributed by atoms with Gasteiger partial charge in [0.1, 0.15) is 10.8 Å². The second-order valence-corrected chi connectivity index (χ2v) is 6.03. The lowest BCUT2D eigenvalue weighted by molar-refractivity contribution is 0.414. The van der Waals surface area contributed by atoms with Gasteiger partial charge in [-0.1, -0.05) is 24.3 Å². The van der Waals surface area contributed by atoms with Crippen molar-refractivity contribution in [3.05, 3.63) is 59.1 Å². The van der Waals surface area contributed by atoms with Gasteiger partial charge < -0.3 is 10.1 Å². The highest BCUT2D eigenvalue weighted by Gasteiger charge is 2.10. The molecule has 0 fully saturated rings. The summed E-state index contributed by atoms with van der Waals surface area (Å²) in [5, 5.41) is 4.65. The molecular weight excluding hydrogens is 280 g/mol. The lowest BCUT2D eigenvalue weighted by Crippen LogP contribution is -2.17.